The van der Waals surface area contributed by atoms with Crippen LogP contribution in [0, 0.1) is 12.3 Å². The van der Waals surface area contributed by atoms with Crippen LogP contribution in [0.3, 0.4) is 0 Å². The minimum Gasteiger partial charge on any atom is -0.345 e. The van der Waals surface area contributed by atoms with Crippen molar-refractivity contribution in [1.82, 2.24) is 5.32 Å². The summed E-state index contributed by atoms with van der Waals surface area (Å²) in [5, 5.41) is 7.68. The van der Waals surface area contributed by atoms with E-state index in [4.69, 9.17) is 6.42 Å². The van der Waals surface area contributed by atoms with Gasteiger partial charge in [0.15, 0.2) is 5.71 Å². The highest BCUT2D eigenvalue weighted by Crippen LogP contribution is 2.51. The predicted molar refractivity (Wildman–Crippen MR) is 233 cm³/mol. The zero-order chi connectivity index (χ0) is 39.9. The van der Waals surface area contributed by atoms with Crippen LogP contribution in [0.5, 0.6) is 0 Å². The van der Waals surface area contributed by atoms with Gasteiger partial charge in [0.05, 0.1) is 17.7 Å². The summed E-state index contributed by atoms with van der Waals surface area (Å²) < 4.78 is 34.6. The number of terminal acetylenes is 1. The summed E-state index contributed by atoms with van der Waals surface area (Å²) >= 11 is 0. The number of hydrogen-bond donors (Lipinski definition) is 2. The lowest BCUT2D eigenvalue weighted by Gasteiger charge is -2.27. The molecule has 2 heterocycles. The SMILES string of the molecule is C#CCNC(=O)CCCCC[N+]1=C(/C=C/C=C/C=C/C=C2/N(CCCCS(=O)(=O)O)c3ccc4ccccc4c3C2(C)C)C(C)(C)c2c1ccc1ccccc21. The number of amides is 1. The van der Waals surface area contributed by atoms with Crippen LogP contribution >= 0.6 is 0 Å². The number of nitrogens with zero attached hydrogens (tertiary/aromatic N) is 2. The molecule has 2 N–H and O–H groups in total. The van der Waals surface area contributed by atoms with E-state index in [0.717, 1.165) is 37.2 Å². The smallest absolute Gasteiger partial charge is 0.264 e. The number of carbonyl (C=O) groups is 1. The molecule has 0 unspecified atom stereocenters. The molecule has 8 heteroatoms. The van der Waals surface area contributed by atoms with E-state index in [9.17, 15) is 17.8 Å². The lowest BCUT2D eigenvalue weighted by Crippen LogP contribution is -2.28. The van der Waals surface area contributed by atoms with Crippen LogP contribution in [-0.2, 0) is 25.7 Å². The zero-order valence-electron chi connectivity index (χ0n) is 33.1. The molecule has 0 atom stereocenters. The summed E-state index contributed by atoms with van der Waals surface area (Å²) in [6, 6.07) is 25.8. The first-order valence-corrected chi connectivity index (χ1v) is 21.3. The van der Waals surface area contributed by atoms with E-state index in [2.05, 4.69) is 164 Å². The Labute approximate surface area is 333 Å². The highest BCUT2D eigenvalue weighted by atomic mass is 32.2. The van der Waals surface area contributed by atoms with Crippen molar-refractivity contribution >= 4 is 54.7 Å². The number of unbranched alkanes of at least 4 members (excludes halogenated alkanes) is 3. The molecule has 0 spiro atoms. The van der Waals surface area contributed by atoms with E-state index in [-0.39, 0.29) is 29.0 Å². The van der Waals surface area contributed by atoms with Crippen LogP contribution in [0.4, 0.5) is 11.4 Å². The van der Waals surface area contributed by atoms with Crippen molar-refractivity contribution < 1.29 is 22.3 Å². The maximum atomic E-state index is 12.1. The minimum absolute atomic E-state index is 0.00560. The first-order valence-electron chi connectivity index (χ1n) is 19.7. The summed E-state index contributed by atoms with van der Waals surface area (Å²) in [5.41, 5.74) is 6.88. The van der Waals surface area contributed by atoms with E-state index in [1.54, 1.807) is 0 Å². The van der Waals surface area contributed by atoms with Crippen molar-refractivity contribution in [2.24, 2.45) is 0 Å². The Hall–Kier alpha value is -5.23. The van der Waals surface area contributed by atoms with Gasteiger partial charge >= 0.3 is 0 Å². The van der Waals surface area contributed by atoms with Crippen molar-refractivity contribution in [2.75, 3.05) is 30.3 Å². The number of hydrogen-bond acceptors (Lipinski definition) is 4. The second-order valence-corrected chi connectivity index (χ2v) is 17.3. The van der Waals surface area contributed by atoms with Crippen LogP contribution in [0.2, 0.25) is 0 Å². The lowest BCUT2D eigenvalue weighted by atomic mass is 9.79. The Morgan fingerprint density at radius 2 is 1.46 bits per heavy atom. The van der Waals surface area contributed by atoms with E-state index in [1.807, 2.05) is 0 Å². The van der Waals surface area contributed by atoms with Gasteiger partial charge in [-0.3, -0.25) is 9.35 Å². The molecule has 7 nitrogen and oxygen atoms in total. The molecule has 0 saturated carbocycles. The number of benzene rings is 4. The summed E-state index contributed by atoms with van der Waals surface area (Å²) in [7, 11) is -4.00. The lowest BCUT2D eigenvalue weighted by molar-refractivity contribution is -0.438. The molecular weight excluding hydrogens is 715 g/mol. The Bertz CT molecular complexity index is 2430. The highest BCUT2D eigenvalue weighted by Gasteiger charge is 2.45. The molecule has 0 saturated heterocycles. The van der Waals surface area contributed by atoms with Crippen molar-refractivity contribution in [1.29, 1.82) is 0 Å². The van der Waals surface area contributed by atoms with E-state index in [0.29, 0.717) is 25.8 Å². The standard InChI is InChI=1S/C48H53N3O4S/c1-6-32-49-44(52)27-13-10-18-33-50-40-30-28-36-21-14-16-23-38(36)45(40)47(2,3)42(50)25-11-8-7-9-12-26-43-48(4,5)46-39-24-17-15-22-37(39)29-31-41(46)51(43)34-19-20-35-56(53,54)55/h1,7-9,11-12,14-17,21-26,28-31H,10,13,18-20,27,32-35H2,2-5H3,(H-,49,52,53,54,55)/p+1. The molecule has 2 aliphatic heterocycles. The number of allylic oxidation sites excluding steroid dienone is 8. The molecule has 0 aromatic heterocycles. The second-order valence-electron chi connectivity index (χ2n) is 15.8. The number of anilines is 1. The Kier molecular flexibility index (Phi) is 12.5. The average Bonchev–Trinajstić information content (AvgIpc) is 3.52. The van der Waals surface area contributed by atoms with Gasteiger partial charge in [-0.05, 0) is 84.8 Å². The zero-order valence-corrected chi connectivity index (χ0v) is 33.9. The van der Waals surface area contributed by atoms with Gasteiger partial charge in [0, 0.05) is 53.9 Å². The fourth-order valence-electron chi connectivity index (χ4n) is 8.56. The topological polar surface area (TPSA) is 89.7 Å². The molecule has 4 aromatic rings. The van der Waals surface area contributed by atoms with E-state index in [1.165, 1.54) is 44.1 Å². The molecule has 2 aliphatic rings. The number of carbonyl (C=O) groups excluding carboxylic acids is 1. The van der Waals surface area contributed by atoms with Gasteiger partial charge in [-0.1, -0.05) is 105 Å². The maximum absolute atomic E-state index is 12.1. The predicted octanol–water partition coefficient (Wildman–Crippen LogP) is 9.70. The molecule has 0 fully saturated rings. The first-order chi connectivity index (χ1) is 26.8. The third-order valence-electron chi connectivity index (χ3n) is 11.2. The molecule has 6 rings (SSSR count). The summed E-state index contributed by atoms with van der Waals surface area (Å²) in [4.78, 5) is 14.4. The van der Waals surface area contributed by atoms with Gasteiger partial charge in [0.2, 0.25) is 11.6 Å². The summed E-state index contributed by atoms with van der Waals surface area (Å²) in [5.74, 6) is 2.22. The fourth-order valence-corrected chi connectivity index (χ4v) is 9.13. The first kappa shape index (κ1) is 40.4. The number of fused-ring (bicyclic) bond motifs is 6. The van der Waals surface area contributed by atoms with Gasteiger partial charge in [0.1, 0.15) is 6.54 Å². The minimum atomic E-state index is -4.00. The van der Waals surface area contributed by atoms with Crippen LogP contribution in [0.15, 0.2) is 121 Å². The van der Waals surface area contributed by atoms with Gasteiger partial charge in [0.25, 0.3) is 10.1 Å². The molecule has 0 aliphatic carbocycles. The van der Waals surface area contributed by atoms with E-state index < -0.39 is 10.1 Å². The molecule has 290 valence electrons. The van der Waals surface area contributed by atoms with Gasteiger partial charge in [-0.15, -0.1) is 6.42 Å². The normalized spacial score (nSPS) is 16.9. The van der Waals surface area contributed by atoms with Crippen LogP contribution < -0.4 is 10.2 Å². The maximum Gasteiger partial charge on any atom is 0.264 e. The monoisotopic (exact) mass is 768 g/mol. The van der Waals surface area contributed by atoms with Crippen LogP contribution in [0.1, 0.15) is 77.3 Å². The molecule has 0 radical (unpaired) electrons. The molecule has 4 aromatic carbocycles. The third kappa shape index (κ3) is 8.75. The second kappa shape index (κ2) is 17.3. The van der Waals surface area contributed by atoms with Crippen LogP contribution in [0.25, 0.3) is 21.5 Å². The summed E-state index contributed by atoms with van der Waals surface area (Å²) in [6.07, 6.45) is 24.3. The summed E-state index contributed by atoms with van der Waals surface area (Å²) in [6.45, 7) is 10.9. The van der Waals surface area contributed by atoms with Gasteiger partial charge < -0.3 is 10.2 Å². The third-order valence-corrected chi connectivity index (χ3v) is 12.0. The van der Waals surface area contributed by atoms with Crippen molar-refractivity contribution in [3.63, 3.8) is 0 Å². The van der Waals surface area contributed by atoms with Gasteiger partial charge in [-0.2, -0.15) is 13.0 Å². The molecule has 0 bridgehead atoms. The molecule has 56 heavy (non-hydrogen) atoms. The highest BCUT2D eigenvalue weighted by molar-refractivity contribution is 7.85. The average molecular weight is 769 g/mol. The Balaban J connectivity index is 1.22. The van der Waals surface area contributed by atoms with Crippen LogP contribution in [-0.4, -0.2) is 54.6 Å². The van der Waals surface area contributed by atoms with Crippen molar-refractivity contribution in [2.45, 2.75) is 77.0 Å². The van der Waals surface area contributed by atoms with E-state index >= 15 is 0 Å². The van der Waals surface area contributed by atoms with Crippen molar-refractivity contribution in [3.8, 4) is 12.3 Å². The van der Waals surface area contributed by atoms with Crippen molar-refractivity contribution in [3.05, 3.63) is 132 Å². The largest absolute Gasteiger partial charge is 0.345 e. The number of rotatable bonds is 16. The Morgan fingerprint density at radius 1 is 0.804 bits per heavy atom. The quantitative estimate of drug-likeness (QED) is 0.0390. The number of nitrogens with one attached hydrogen (secondary N) is 1. The molecule has 1 amide bonds. The van der Waals surface area contributed by atoms with Gasteiger partial charge in [-0.25, -0.2) is 0 Å². The molecular formula is C48H54N3O4S+. The fraction of sp³-hybridized carbons (Fsp3) is 0.333. The Morgan fingerprint density at radius 3 is 2.18 bits per heavy atom.